The third-order valence-electron chi connectivity index (χ3n) is 7.64. The predicted octanol–water partition coefficient (Wildman–Crippen LogP) is 11.7. The first-order chi connectivity index (χ1) is 18.7. The summed E-state index contributed by atoms with van der Waals surface area (Å²) >= 11 is 2.30. The number of carbonyl (C=O) groups is 1. The first kappa shape index (κ1) is 32.9. The highest BCUT2D eigenvalue weighted by Gasteiger charge is 2.41. The molecule has 4 atom stereocenters. The molecule has 0 radical (unpaired) electrons. The van der Waals surface area contributed by atoms with E-state index in [0.717, 1.165) is 46.0 Å². The molecule has 3 heterocycles. The molecule has 4 rings (SSSR count). The lowest BCUT2D eigenvalue weighted by atomic mass is 10.0. The van der Waals surface area contributed by atoms with Gasteiger partial charge in [0.2, 0.25) is 0 Å². The van der Waals surface area contributed by atoms with E-state index in [0.29, 0.717) is 6.42 Å². The lowest BCUT2D eigenvalue weighted by Gasteiger charge is -2.41. The number of carbonyl (C=O) groups excluding carboxylic acids is 1. The maximum atomic E-state index is 12.2. The minimum absolute atomic E-state index is 0.0823. The van der Waals surface area contributed by atoms with Gasteiger partial charge in [0.05, 0.1) is 0 Å². The van der Waals surface area contributed by atoms with Crippen LogP contribution in [0.2, 0.25) is 0 Å². The van der Waals surface area contributed by atoms with Gasteiger partial charge in [0.15, 0.2) is 0 Å². The maximum Gasteiger partial charge on any atom is 0.311 e. The van der Waals surface area contributed by atoms with Crippen LogP contribution in [0.4, 0.5) is 0 Å². The van der Waals surface area contributed by atoms with Gasteiger partial charge in [0.1, 0.15) is 5.75 Å². The molecule has 2 nitrogen and oxygen atoms in total. The summed E-state index contributed by atoms with van der Waals surface area (Å²) in [7, 11) is 8.38. The van der Waals surface area contributed by atoms with Gasteiger partial charge in [0.25, 0.3) is 0 Å². The van der Waals surface area contributed by atoms with Crippen LogP contribution in [-0.4, -0.2) is 27.0 Å². The molecule has 0 aliphatic carbocycles. The maximum absolute atomic E-state index is 12.2. The molecule has 4 unspecified atom stereocenters. The van der Waals surface area contributed by atoms with Crippen molar-refractivity contribution < 1.29 is 9.53 Å². The summed E-state index contributed by atoms with van der Waals surface area (Å²) in [6.07, 6.45) is 22.3. The summed E-state index contributed by atoms with van der Waals surface area (Å²) in [6, 6.07) is 8.19. The SMILES string of the molecule is CCCCCCCCCC(=O)Oc1cccc(CCCCCCCC2SSSSC(CCC)C3CC2S3)c1. The molecule has 0 N–H and O–H groups in total. The molecule has 3 fully saturated rings. The van der Waals surface area contributed by atoms with Gasteiger partial charge < -0.3 is 4.74 Å². The van der Waals surface area contributed by atoms with Crippen LogP contribution < -0.4 is 4.74 Å². The van der Waals surface area contributed by atoms with Gasteiger partial charge in [-0.3, -0.25) is 4.79 Å². The lowest BCUT2D eigenvalue weighted by Crippen LogP contribution is -2.39. The molecule has 3 aliphatic heterocycles. The second-order valence-electron chi connectivity index (χ2n) is 10.9. The number of aryl methyl sites for hydroxylation is 1. The summed E-state index contributed by atoms with van der Waals surface area (Å²) < 4.78 is 5.62. The van der Waals surface area contributed by atoms with Crippen LogP contribution in [0.5, 0.6) is 5.75 Å². The fourth-order valence-corrected chi connectivity index (χ4v) is 15.4. The van der Waals surface area contributed by atoms with Crippen molar-refractivity contribution in [3.63, 3.8) is 0 Å². The molecule has 216 valence electrons. The van der Waals surface area contributed by atoms with Gasteiger partial charge in [-0.1, -0.05) is 118 Å². The van der Waals surface area contributed by atoms with Crippen molar-refractivity contribution in [2.75, 3.05) is 0 Å². The molecule has 7 heteroatoms. The number of thioether (sulfide) groups is 1. The highest BCUT2D eigenvalue weighted by atomic mass is 33.7. The van der Waals surface area contributed by atoms with Crippen molar-refractivity contribution >= 4 is 59.0 Å². The van der Waals surface area contributed by atoms with Crippen LogP contribution in [0.3, 0.4) is 0 Å². The Morgan fingerprint density at radius 2 is 1.42 bits per heavy atom. The number of esters is 1. The second-order valence-corrected chi connectivity index (χ2v) is 18.7. The minimum Gasteiger partial charge on any atom is -0.427 e. The van der Waals surface area contributed by atoms with Crippen molar-refractivity contribution in [3.05, 3.63) is 29.8 Å². The van der Waals surface area contributed by atoms with Crippen LogP contribution >= 0.6 is 53.0 Å². The lowest BCUT2D eigenvalue weighted by molar-refractivity contribution is -0.134. The fraction of sp³-hybridized carbons (Fsp3) is 0.774. The van der Waals surface area contributed by atoms with E-state index in [9.17, 15) is 4.79 Å². The van der Waals surface area contributed by atoms with E-state index in [1.54, 1.807) is 0 Å². The molecule has 0 saturated carbocycles. The molecular weight excluding hydrogens is 565 g/mol. The Labute approximate surface area is 253 Å². The Hall–Kier alpha value is 0.440. The number of fused-ring (bicyclic) bond motifs is 5. The molecule has 2 bridgehead atoms. The Balaban J connectivity index is 1.22. The van der Waals surface area contributed by atoms with E-state index in [1.165, 1.54) is 95.5 Å². The van der Waals surface area contributed by atoms with Gasteiger partial charge >= 0.3 is 5.97 Å². The number of ether oxygens (including phenoxy) is 1. The van der Waals surface area contributed by atoms with Gasteiger partial charge in [-0.05, 0) is 75.9 Å². The van der Waals surface area contributed by atoms with Gasteiger partial charge in [0, 0.05) is 27.4 Å². The molecule has 1 aromatic carbocycles. The van der Waals surface area contributed by atoms with Crippen LogP contribution in [0.25, 0.3) is 0 Å². The van der Waals surface area contributed by atoms with E-state index in [1.807, 2.05) is 31.8 Å². The number of rotatable bonds is 19. The summed E-state index contributed by atoms with van der Waals surface area (Å²) in [5.41, 5.74) is 1.29. The molecule has 0 spiro atoms. The summed E-state index contributed by atoms with van der Waals surface area (Å²) in [5.74, 6) is 0.635. The predicted molar refractivity (Wildman–Crippen MR) is 179 cm³/mol. The minimum atomic E-state index is -0.0823. The Kier molecular flexibility index (Phi) is 17.6. The summed E-state index contributed by atoms with van der Waals surface area (Å²) in [5, 5.41) is 3.51. The van der Waals surface area contributed by atoms with Crippen molar-refractivity contribution in [1.29, 1.82) is 0 Å². The quantitative estimate of drug-likeness (QED) is 0.0662. The fourth-order valence-electron chi connectivity index (χ4n) is 5.31. The zero-order chi connectivity index (χ0) is 26.8. The molecule has 3 aliphatic rings. The summed E-state index contributed by atoms with van der Waals surface area (Å²) in [6.45, 7) is 4.57. The molecule has 1 aromatic rings. The third kappa shape index (κ3) is 13.0. The average molecular weight is 615 g/mol. The first-order valence-electron chi connectivity index (χ1n) is 15.3. The largest absolute Gasteiger partial charge is 0.427 e. The topological polar surface area (TPSA) is 26.3 Å². The van der Waals surface area contributed by atoms with E-state index in [2.05, 4.69) is 59.3 Å². The van der Waals surface area contributed by atoms with Crippen LogP contribution in [-0.2, 0) is 11.2 Å². The number of unbranched alkanes of at least 4 members (excludes halogenated alkanes) is 10. The van der Waals surface area contributed by atoms with E-state index < -0.39 is 0 Å². The smallest absolute Gasteiger partial charge is 0.311 e. The van der Waals surface area contributed by atoms with Crippen molar-refractivity contribution in [2.45, 2.75) is 150 Å². The molecule has 3 saturated heterocycles. The van der Waals surface area contributed by atoms with Gasteiger partial charge in [-0.2, -0.15) is 11.8 Å². The Bertz CT molecular complexity index is 770. The average Bonchev–Trinajstić information content (AvgIpc) is 3.02. The normalized spacial score (nSPS) is 23.2. The molecule has 0 amide bonds. The zero-order valence-corrected chi connectivity index (χ0v) is 27.8. The van der Waals surface area contributed by atoms with Crippen LogP contribution in [0, 0.1) is 0 Å². The monoisotopic (exact) mass is 614 g/mol. The zero-order valence-electron chi connectivity index (χ0n) is 23.7. The van der Waals surface area contributed by atoms with E-state index >= 15 is 0 Å². The Morgan fingerprint density at radius 3 is 2.13 bits per heavy atom. The second kappa shape index (κ2) is 20.3. The molecular formula is C31H50O2S5. The Morgan fingerprint density at radius 1 is 0.789 bits per heavy atom. The molecule has 0 aromatic heterocycles. The number of hydrogen-bond acceptors (Lipinski definition) is 7. The first-order valence-corrected chi connectivity index (χ1v) is 21.2. The van der Waals surface area contributed by atoms with Crippen LogP contribution in [0.1, 0.15) is 129 Å². The number of hydrogen-bond donors (Lipinski definition) is 0. The van der Waals surface area contributed by atoms with Crippen molar-refractivity contribution in [2.24, 2.45) is 0 Å². The highest BCUT2D eigenvalue weighted by Crippen LogP contribution is 2.59. The summed E-state index contributed by atoms with van der Waals surface area (Å²) in [4.78, 5) is 12.2. The van der Waals surface area contributed by atoms with E-state index in [4.69, 9.17) is 4.74 Å². The number of benzene rings is 1. The van der Waals surface area contributed by atoms with Crippen molar-refractivity contribution in [1.82, 2.24) is 0 Å². The molecule has 38 heavy (non-hydrogen) atoms. The van der Waals surface area contributed by atoms with Gasteiger partial charge in [-0.15, -0.1) is 0 Å². The standard InChI is InChI=1S/C31H50O2S5/c1-3-5-6-7-8-12-15-22-31(32)33-26-20-16-19-25(23-26)18-13-10-9-11-14-21-28-30-24-29(34-30)27(17-4-2)35-37-38-36-28/h16,19-20,23,27-30H,3-15,17-18,21-22,24H2,1-2H3. The van der Waals surface area contributed by atoms with Crippen molar-refractivity contribution in [3.8, 4) is 5.75 Å². The van der Waals surface area contributed by atoms with E-state index in [-0.39, 0.29) is 5.97 Å². The highest BCUT2D eigenvalue weighted by molar-refractivity contribution is 9.26. The third-order valence-corrected chi connectivity index (χ3v) is 17.1. The van der Waals surface area contributed by atoms with Gasteiger partial charge in [-0.25, -0.2) is 0 Å². The van der Waals surface area contributed by atoms with Crippen LogP contribution in [0.15, 0.2) is 24.3 Å².